The first-order valence-electron chi connectivity index (χ1n) is 5.41. The number of aliphatic hydroxyl groups excluding tert-OH is 1. The molecule has 0 unspecified atom stereocenters. The Hall–Kier alpha value is -1.22. The van der Waals surface area contributed by atoms with Crippen LogP contribution >= 0.6 is 0 Å². The minimum atomic E-state index is 0.281. The Balaban J connectivity index is 2.58. The van der Waals surface area contributed by atoms with Crippen LogP contribution in [0.1, 0.15) is 30.4 Å². The summed E-state index contributed by atoms with van der Waals surface area (Å²) in [5.74, 6) is 0. The Morgan fingerprint density at radius 3 is 2.53 bits per heavy atom. The molecule has 1 rings (SSSR count). The maximum absolute atomic E-state index is 8.66. The highest BCUT2D eigenvalue weighted by Gasteiger charge is 2.04. The summed E-state index contributed by atoms with van der Waals surface area (Å²) in [6.45, 7) is 2.29. The van der Waals surface area contributed by atoms with E-state index in [1.165, 1.54) is 5.56 Å². The van der Waals surface area contributed by atoms with Crippen LogP contribution in [0.25, 0.3) is 0 Å². The van der Waals surface area contributed by atoms with Crippen LogP contribution in [-0.4, -0.2) is 11.7 Å². The Kier molecular flexibility index (Phi) is 4.43. The summed E-state index contributed by atoms with van der Waals surface area (Å²) in [4.78, 5) is 0. The molecule has 0 aromatic heterocycles. The monoisotopic (exact) mass is 208 g/mol. The number of aryl methyl sites for hydroxylation is 1. The van der Waals surface area contributed by atoms with E-state index in [9.17, 15) is 0 Å². The minimum absolute atomic E-state index is 0.281. The third-order valence-corrected chi connectivity index (χ3v) is 2.76. The van der Waals surface area contributed by atoms with Crippen LogP contribution < -0.4 is 11.5 Å². The zero-order valence-corrected chi connectivity index (χ0v) is 9.29. The molecule has 0 saturated heterocycles. The first kappa shape index (κ1) is 11.9. The Bertz CT molecular complexity index is 324. The van der Waals surface area contributed by atoms with Gasteiger partial charge in [0.05, 0.1) is 11.4 Å². The molecule has 1 aromatic rings. The van der Waals surface area contributed by atoms with Crippen LogP contribution in [0.3, 0.4) is 0 Å². The topological polar surface area (TPSA) is 72.3 Å². The van der Waals surface area contributed by atoms with Gasteiger partial charge in [-0.05, 0) is 43.4 Å². The van der Waals surface area contributed by atoms with Crippen molar-refractivity contribution in [3.8, 4) is 0 Å². The van der Waals surface area contributed by atoms with Crippen molar-refractivity contribution in [3.05, 3.63) is 23.3 Å². The zero-order valence-electron chi connectivity index (χ0n) is 9.29. The molecule has 3 heteroatoms. The molecule has 0 saturated carbocycles. The van der Waals surface area contributed by atoms with Crippen LogP contribution in [0.15, 0.2) is 12.1 Å². The van der Waals surface area contributed by atoms with Gasteiger partial charge in [0.2, 0.25) is 0 Å². The normalized spacial score (nSPS) is 10.5. The second-order valence-corrected chi connectivity index (χ2v) is 3.89. The summed E-state index contributed by atoms with van der Waals surface area (Å²) in [6.07, 6.45) is 4.03. The van der Waals surface area contributed by atoms with Gasteiger partial charge in [0, 0.05) is 6.61 Å². The van der Waals surface area contributed by atoms with E-state index in [0.717, 1.165) is 31.2 Å². The van der Waals surface area contributed by atoms with E-state index >= 15 is 0 Å². The first-order valence-corrected chi connectivity index (χ1v) is 5.41. The van der Waals surface area contributed by atoms with Crippen molar-refractivity contribution in [1.82, 2.24) is 0 Å². The van der Waals surface area contributed by atoms with Gasteiger partial charge in [-0.1, -0.05) is 12.5 Å². The van der Waals surface area contributed by atoms with Gasteiger partial charge in [0.25, 0.3) is 0 Å². The molecule has 0 radical (unpaired) electrons. The van der Waals surface area contributed by atoms with Gasteiger partial charge < -0.3 is 16.6 Å². The Morgan fingerprint density at radius 1 is 1.13 bits per heavy atom. The molecule has 0 atom stereocenters. The van der Waals surface area contributed by atoms with Crippen LogP contribution in [-0.2, 0) is 6.42 Å². The van der Waals surface area contributed by atoms with Crippen LogP contribution in [0, 0.1) is 6.92 Å². The molecule has 0 aliphatic rings. The summed E-state index contributed by atoms with van der Waals surface area (Å²) >= 11 is 0. The van der Waals surface area contributed by atoms with Crippen molar-refractivity contribution >= 4 is 11.4 Å². The molecule has 5 N–H and O–H groups in total. The van der Waals surface area contributed by atoms with Gasteiger partial charge >= 0.3 is 0 Å². The van der Waals surface area contributed by atoms with Crippen LogP contribution in [0.2, 0.25) is 0 Å². The Labute approximate surface area is 91.1 Å². The molecule has 15 heavy (non-hydrogen) atoms. The second-order valence-electron chi connectivity index (χ2n) is 3.89. The molecule has 0 heterocycles. The molecule has 0 fully saturated rings. The quantitative estimate of drug-likeness (QED) is 0.511. The summed E-state index contributed by atoms with van der Waals surface area (Å²) in [5.41, 5.74) is 15.3. The van der Waals surface area contributed by atoms with Crippen molar-refractivity contribution in [2.24, 2.45) is 0 Å². The predicted octanol–water partition coefficient (Wildman–Crippen LogP) is 1.86. The first-order chi connectivity index (χ1) is 7.16. The number of aliphatic hydroxyl groups is 1. The van der Waals surface area contributed by atoms with Gasteiger partial charge in [-0.3, -0.25) is 0 Å². The summed E-state index contributed by atoms with van der Waals surface area (Å²) in [7, 11) is 0. The van der Waals surface area contributed by atoms with Crippen LogP contribution in [0.4, 0.5) is 11.4 Å². The third kappa shape index (κ3) is 3.13. The lowest BCUT2D eigenvalue weighted by Gasteiger charge is -2.10. The lowest BCUT2D eigenvalue weighted by molar-refractivity contribution is 0.283. The highest BCUT2D eigenvalue weighted by Crippen LogP contribution is 2.24. The Morgan fingerprint density at radius 2 is 1.87 bits per heavy atom. The van der Waals surface area contributed by atoms with Crippen molar-refractivity contribution < 1.29 is 5.11 Å². The molecule has 0 spiro atoms. The van der Waals surface area contributed by atoms with E-state index in [-0.39, 0.29) is 6.61 Å². The highest BCUT2D eigenvalue weighted by molar-refractivity contribution is 5.68. The van der Waals surface area contributed by atoms with E-state index in [4.69, 9.17) is 16.6 Å². The summed E-state index contributed by atoms with van der Waals surface area (Å²) in [5, 5.41) is 8.66. The fraction of sp³-hybridized carbons (Fsp3) is 0.500. The number of rotatable bonds is 5. The lowest BCUT2D eigenvalue weighted by Crippen LogP contribution is -2.01. The molecule has 0 aliphatic heterocycles. The SMILES string of the molecule is Cc1c(CCCCCO)ccc(N)c1N. The van der Waals surface area contributed by atoms with Crippen molar-refractivity contribution in [3.63, 3.8) is 0 Å². The fourth-order valence-electron chi connectivity index (χ4n) is 1.67. The average molecular weight is 208 g/mol. The van der Waals surface area contributed by atoms with Crippen LogP contribution in [0.5, 0.6) is 0 Å². The largest absolute Gasteiger partial charge is 0.397 e. The number of hydrogen-bond donors (Lipinski definition) is 3. The maximum atomic E-state index is 8.66. The van der Waals surface area contributed by atoms with Crippen molar-refractivity contribution in [2.45, 2.75) is 32.6 Å². The van der Waals surface area contributed by atoms with E-state index < -0.39 is 0 Å². The number of unbranched alkanes of at least 4 members (excludes halogenated alkanes) is 2. The maximum Gasteiger partial charge on any atom is 0.0580 e. The van der Waals surface area contributed by atoms with Gasteiger partial charge in [0.15, 0.2) is 0 Å². The third-order valence-electron chi connectivity index (χ3n) is 2.76. The predicted molar refractivity (Wildman–Crippen MR) is 64.6 cm³/mol. The second kappa shape index (κ2) is 5.61. The molecule has 0 amide bonds. The van der Waals surface area contributed by atoms with Crippen molar-refractivity contribution in [1.29, 1.82) is 0 Å². The molecule has 84 valence electrons. The number of hydrogen-bond acceptors (Lipinski definition) is 3. The molecular formula is C12H20N2O. The lowest BCUT2D eigenvalue weighted by atomic mass is 10.00. The smallest absolute Gasteiger partial charge is 0.0580 e. The number of nitrogen functional groups attached to an aromatic ring is 2. The van der Waals surface area contributed by atoms with E-state index in [1.807, 2.05) is 19.1 Å². The van der Waals surface area contributed by atoms with Gasteiger partial charge in [-0.2, -0.15) is 0 Å². The zero-order chi connectivity index (χ0) is 11.3. The van der Waals surface area contributed by atoms with E-state index in [1.54, 1.807) is 0 Å². The van der Waals surface area contributed by atoms with Gasteiger partial charge in [-0.25, -0.2) is 0 Å². The summed E-state index contributed by atoms with van der Waals surface area (Å²) < 4.78 is 0. The number of anilines is 2. The molecule has 3 nitrogen and oxygen atoms in total. The number of benzene rings is 1. The summed E-state index contributed by atoms with van der Waals surface area (Å²) in [6, 6.07) is 3.91. The molecule has 1 aromatic carbocycles. The van der Waals surface area contributed by atoms with Gasteiger partial charge in [0.1, 0.15) is 0 Å². The molecule has 0 aliphatic carbocycles. The van der Waals surface area contributed by atoms with E-state index in [2.05, 4.69) is 0 Å². The highest BCUT2D eigenvalue weighted by atomic mass is 16.2. The average Bonchev–Trinajstić information content (AvgIpc) is 2.24. The minimum Gasteiger partial charge on any atom is -0.397 e. The van der Waals surface area contributed by atoms with E-state index in [0.29, 0.717) is 11.4 Å². The fourth-order valence-corrected chi connectivity index (χ4v) is 1.67. The van der Waals surface area contributed by atoms with Crippen molar-refractivity contribution in [2.75, 3.05) is 18.1 Å². The molecule has 0 bridgehead atoms. The standard InChI is InChI=1S/C12H20N2O/c1-9-10(5-3-2-4-8-15)6-7-11(13)12(9)14/h6-7,15H,2-5,8,13-14H2,1H3. The number of nitrogens with two attached hydrogens (primary N) is 2. The molecular weight excluding hydrogens is 188 g/mol. The van der Waals surface area contributed by atoms with Gasteiger partial charge in [-0.15, -0.1) is 0 Å².